The van der Waals surface area contributed by atoms with Gasteiger partial charge in [-0.25, -0.2) is 14.6 Å². The van der Waals surface area contributed by atoms with Gasteiger partial charge in [-0.2, -0.15) is 0 Å². The van der Waals surface area contributed by atoms with Crippen LogP contribution in [-0.2, 0) is 6.42 Å². The highest BCUT2D eigenvalue weighted by Gasteiger charge is 2.23. The van der Waals surface area contributed by atoms with E-state index in [0.717, 1.165) is 5.56 Å². The highest BCUT2D eigenvalue weighted by Crippen LogP contribution is 2.36. The molecule has 1 amide bonds. The number of ether oxygens (including phenoxy) is 3. The molecule has 0 atom stereocenters. The predicted octanol–water partition coefficient (Wildman–Crippen LogP) is 4.27. The van der Waals surface area contributed by atoms with Crippen LogP contribution >= 0.6 is 0 Å². The monoisotopic (exact) mass is 463 g/mol. The number of hydrogen-bond donors (Lipinski definition) is 1. The van der Waals surface area contributed by atoms with Crippen LogP contribution in [0.15, 0.2) is 54.9 Å². The van der Waals surface area contributed by atoms with Crippen LogP contribution in [0.5, 0.6) is 17.4 Å². The van der Waals surface area contributed by atoms with E-state index >= 15 is 0 Å². The molecule has 0 bridgehead atoms. The van der Waals surface area contributed by atoms with Crippen molar-refractivity contribution in [3.63, 3.8) is 0 Å². The van der Waals surface area contributed by atoms with E-state index in [1.54, 1.807) is 55.2 Å². The number of carboxylic acids is 1. The van der Waals surface area contributed by atoms with E-state index in [4.69, 9.17) is 14.2 Å². The summed E-state index contributed by atoms with van der Waals surface area (Å²) in [6.07, 6.45) is 3.29. The van der Waals surface area contributed by atoms with Crippen LogP contribution in [0, 0.1) is 0 Å². The number of aromatic nitrogens is 2. The zero-order valence-electron chi connectivity index (χ0n) is 19.1. The average Bonchev–Trinajstić information content (AvgIpc) is 3.15. The zero-order chi connectivity index (χ0) is 24.2. The number of carboxylic acid groups (broad SMARTS) is 1. The highest BCUT2D eigenvalue weighted by atomic mass is 16.6. The molecule has 34 heavy (non-hydrogen) atoms. The Hall–Kier alpha value is -4.27. The summed E-state index contributed by atoms with van der Waals surface area (Å²) in [6, 6.07) is 12.4. The van der Waals surface area contributed by atoms with Gasteiger partial charge in [0.1, 0.15) is 11.3 Å². The van der Waals surface area contributed by atoms with E-state index in [1.807, 2.05) is 25.1 Å². The van der Waals surface area contributed by atoms with Gasteiger partial charge in [0, 0.05) is 44.2 Å². The molecule has 4 rings (SSSR count). The molecule has 176 valence electrons. The summed E-state index contributed by atoms with van der Waals surface area (Å²) in [5.41, 5.74) is 2.12. The van der Waals surface area contributed by atoms with Crippen molar-refractivity contribution in [3.8, 4) is 17.4 Å². The molecule has 4 aromatic rings. The van der Waals surface area contributed by atoms with Crippen molar-refractivity contribution < 1.29 is 28.9 Å². The molecular weight excluding hydrogens is 438 g/mol. The number of aromatic carboxylic acids is 1. The molecular formula is C25H25N3O6. The lowest BCUT2D eigenvalue weighted by molar-refractivity contribution is 0.0700. The quantitative estimate of drug-likeness (QED) is 0.416. The van der Waals surface area contributed by atoms with Crippen LogP contribution in [0.3, 0.4) is 0 Å². The Labute approximate surface area is 196 Å². The van der Waals surface area contributed by atoms with Crippen LogP contribution in [0.2, 0.25) is 0 Å². The van der Waals surface area contributed by atoms with Crippen LogP contribution in [0.1, 0.15) is 22.8 Å². The number of benzene rings is 1. The average molecular weight is 463 g/mol. The first-order valence-corrected chi connectivity index (χ1v) is 10.8. The summed E-state index contributed by atoms with van der Waals surface area (Å²) in [4.78, 5) is 29.9. The summed E-state index contributed by atoms with van der Waals surface area (Å²) in [5.74, 6) is 0.0192. The Morgan fingerprint density at radius 1 is 1.12 bits per heavy atom. The predicted molar refractivity (Wildman–Crippen MR) is 126 cm³/mol. The van der Waals surface area contributed by atoms with Crippen LogP contribution in [-0.4, -0.2) is 58.8 Å². The molecule has 0 saturated carbocycles. The van der Waals surface area contributed by atoms with Gasteiger partial charge in [-0.1, -0.05) is 24.3 Å². The fourth-order valence-electron chi connectivity index (χ4n) is 3.65. The summed E-state index contributed by atoms with van der Waals surface area (Å²) in [7, 11) is 3.16. The molecule has 0 saturated heterocycles. The van der Waals surface area contributed by atoms with E-state index in [9.17, 15) is 14.7 Å². The molecule has 0 spiro atoms. The van der Waals surface area contributed by atoms with Gasteiger partial charge in [0.05, 0.1) is 30.5 Å². The molecule has 1 N–H and O–H groups in total. The SMILES string of the molecule is CCOc1ccc(CCOc2cc(OC(=O)N(C)C)cn3c2c(C(=O)O)c2ccccc23)cn1. The van der Waals surface area contributed by atoms with Gasteiger partial charge in [-0.3, -0.25) is 0 Å². The van der Waals surface area contributed by atoms with Crippen LogP contribution < -0.4 is 14.2 Å². The minimum Gasteiger partial charge on any atom is -0.491 e. The van der Waals surface area contributed by atoms with E-state index in [1.165, 1.54) is 4.90 Å². The van der Waals surface area contributed by atoms with Gasteiger partial charge in [-0.15, -0.1) is 0 Å². The van der Waals surface area contributed by atoms with Crippen molar-refractivity contribution in [2.24, 2.45) is 0 Å². The Balaban J connectivity index is 1.72. The van der Waals surface area contributed by atoms with Crippen molar-refractivity contribution in [1.29, 1.82) is 0 Å². The van der Waals surface area contributed by atoms with Gasteiger partial charge >= 0.3 is 12.1 Å². The number of pyridine rings is 2. The van der Waals surface area contributed by atoms with Gasteiger partial charge in [0.25, 0.3) is 0 Å². The smallest absolute Gasteiger partial charge is 0.414 e. The molecule has 0 unspecified atom stereocenters. The lowest BCUT2D eigenvalue weighted by Crippen LogP contribution is -2.25. The summed E-state index contributed by atoms with van der Waals surface area (Å²) in [6.45, 7) is 2.69. The lowest BCUT2D eigenvalue weighted by atomic mass is 10.1. The molecule has 9 heteroatoms. The van der Waals surface area contributed by atoms with Crippen LogP contribution in [0.4, 0.5) is 4.79 Å². The number of carbonyl (C=O) groups is 2. The van der Waals surface area contributed by atoms with E-state index in [-0.39, 0.29) is 17.9 Å². The molecule has 0 aliphatic heterocycles. The topological polar surface area (TPSA) is 103 Å². The maximum absolute atomic E-state index is 12.2. The first-order chi connectivity index (χ1) is 16.4. The third-order valence-corrected chi connectivity index (χ3v) is 5.20. The van der Waals surface area contributed by atoms with Crippen molar-refractivity contribution in [2.45, 2.75) is 13.3 Å². The minimum absolute atomic E-state index is 0.124. The number of amides is 1. The van der Waals surface area contributed by atoms with Crippen LogP contribution in [0.25, 0.3) is 16.4 Å². The molecule has 3 heterocycles. The third kappa shape index (κ3) is 4.59. The lowest BCUT2D eigenvalue weighted by Gasteiger charge is -2.14. The molecule has 9 nitrogen and oxygen atoms in total. The largest absolute Gasteiger partial charge is 0.491 e. The maximum atomic E-state index is 12.2. The Morgan fingerprint density at radius 2 is 1.91 bits per heavy atom. The maximum Gasteiger partial charge on any atom is 0.414 e. The number of hydrogen-bond acceptors (Lipinski definition) is 6. The van der Waals surface area contributed by atoms with Crippen molar-refractivity contribution >= 4 is 28.5 Å². The highest BCUT2D eigenvalue weighted by molar-refractivity contribution is 6.12. The number of rotatable bonds is 8. The Bertz CT molecular complexity index is 1340. The van der Waals surface area contributed by atoms with Gasteiger partial charge in [0.15, 0.2) is 5.75 Å². The molecule has 0 fully saturated rings. The normalized spacial score (nSPS) is 10.9. The first-order valence-electron chi connectivity index (χ1n) is 10.8. The molecule has 0 aliphatic rings. The zero-order valence-corrected chi connectivity index (χ0v) is 19.1. The molecule has 0 aliphatic carbocycles. The first kappa shape index (κ1) is 22.9. The second-order valence-corrected chi connectivity index (χ2v) is 7.75. The van der Waals surface area contributed by atoms with Crippen molar-refractivity contribution in [3.05, 3.63) is 66.0 Å². The second-order valence-electron chi connectivity index (χ2n) is 7.75. The van der Waals surface area contributed by atoms with Crippen molar-refractivity contribution in [1.82, 2.24) is 14.3 Å². The van der Waals surface area contributed by atoms with Gasteiger partial charge in [0.2, 0.25) is 5.88 Å². The fraction of sp³-hybridized carbons (Fsp3) is 0.240. The number of para-hydroxylation sites is 1. The Kier molecular flexibility index (Phi) is 6.53. The molecule has 0 radical (unpaired) electrons. The molecule has 3 aromatic heterocycles. The van der Waals surface area contributed by atoms with E-state index < -0.39 is 12.1 Å². The second kappa shape index (κ2) is 9.70. The third-order valence-electron chi connectivity index (χ3n) is 5.20. The molecule has 1 aromatic carbocycles. The van der Waals surface area contributed by atoms with E-state index in [0.29, 0.717) is 41.1 Å². The van der Waals surface area contributed by atoms with Crippen molar-refractivity contribution in [2.75, 3.05) is 27.3 Å². The van der Waals surface area contributed by atoms with Gasteiger partial charge < -0.3 is 28.6 Å². The van der Waals surface area contributed by atoms with E-state index in [2.05, 4.69) is 4.98 Å². The number of carbonyl (C=O) groups excluding carboxylic acids is 1. The Morgan fingerprint density at radius 3 is 2.59 bits per heavy atom. The minimum atomic E-state index is -1.07. The number of fused-ring (bicyclic) bond motifs is 3. The summed E-state index contributed by atoms with van der Waals surface area (Å²) >= 11 is 0. The number of nitrogens with zero attached hydrogens (tertiary/aromatic N) is 3. The van der Waals surface area contributed by atoms with Gasteiger partial charge in [-0.05, 0) is 18.6 Å². The fourth-order valence-corrected chi connectivity index (χ4v) is 3.65. The standard InChI is InChI=1S/C25H25N3O6/c1-4-32-21-10-9-16(14-26-21)11-12-33-20-13-17(34-25(31)27(2)3)15-28-19-8-6-5-7-18(19)22(23(20)28)24(29)30/h5-10,13-15H,4,11-12H2,1-3H3,(H,29,30). The summed E-state index contributed by atoms with van der Waals surface area (Å²) in [5, 5.41) is 10.5. The summed E-state index contributed by atoms with van der Waals surface area (Å²) < 4.78 is 18.6.